The maximum atomic E-state index is 12.0. The molecule has 1 aromatic carbocycles. The van der Waals surface area contributed by atoms with Gasteiger partial charge in [-0.1, -0.05) is 0 Å². The van der Waals surface area contributed by atoms with Crippen molar-refractivity contribution in [3.63, 3.8) is 0 Å². The van der Waals surface area contributed by atoms with E-state index in [-0.39, 0.29) is 30.1 Å². The van der Waals surface area contributed by atoms with Crippen LogP contribution in [0.4, 0.5) is 18.9 Å². The summed E-state index contributed by atoms with van der Waals surface area (Å²) < 4.78 is 39.6. The summed E-state index contributed by atoms with van der Waals surface area (Å²) in [7, 11) is 0. The predicted molar refractivity (Wildman–Crippen MR) is 70.0 cm³/mol. The summed E-state index contributed by atoms with van der Waals surface area (Å²) in [5, 5.41) is 5.67. The number of rotatable bonds is 3. The summed E-state index contributed by atoms with van der Waals surface area (Å²) in [6.45, 7) is 0.802. The van der Waals surface area contributed by atoms with E-state index in [1.54, 1.807) is 0 Å². The minimum Gasteiger partial charge on any atom is -0.406 e. The highest BCUT2D eigenvalue weighted by atomic mass is 35.5. The van der Waals surface area contributed by atoms with Gasteiger partial charge in [-0.25, -0.2) is 0 Å². The molecular weight excluding hydrogens is 297 g/mol. The van der Waals surface area contributed by atoms with Gasteiger partial charge in [0, 0.05) is 5.69 Å². The molecule has 1 heterocycles. The lowest BCUT2D eigenvalue weighted by Crippen LogP contribution is -2.35. The molecule has 112 valence electrons. The first-order valence-electron chi connectivity index (χ1n) is 5.84. The lowest BCUT2D eigenvalue weighted by Gasteiger charge is -2.12. The Morgan fingerprint density at radius 1 is 1.30 bits per heavy atom. The molecule has 1 aliphatic heterocycles. The minimum absolute atomic E-state index is 0. The Hall–Kier alpha value is -1.47. The van der Waals surface area contributed by atoms with Crippen LogP contribution in [-0.2, 0) is 4.79 Å². The molecule has 8 heteroatoms. The SMILES string of the molecule is Cl.O=C(Nc1ccc(OC(F)(F)F)cc1)C1CCCN1. The van der Waals surface area contributed by atoms with E-state index in [4.69, 9.17) is 0 Å². The van der Waals surface area contributed by atoms with Gasteiger partial charge in [-0.2, -0.15) is 0 Å². The Balaban J connectivity index is 0.00000200. The van der Waals surface area contributed by atoms with Crippen molar-refractivity contribution in [2.75, 3.05) is 11.9 Å². The molecule has 0 bridgehead atoms. The van der Waals surface area contributed by atoms with Gasteiger partial charge in [0.1, 0.15) is 5.75 Å². The van der Waals surface area contributed by atoms with E-state index in [9.17, 15) is 18.0 Å². The maximum absolute atomic E-state index is 12.0. The van der Waals surface area contributed by atoms with Crippen LogP contribution in [0, 0.1) is 0 Å². The van der Waals surface area contributed by atoms with Gasteiger partial charge in [-0.15, -0.1) is 25.6 Å². The summed E-state index contributed by atoms with van der Waals surface area (Å²) in [5.74, 6) is -0.494. The zero-order valence-electron chi connectivity index (χ0n) is 10.4. The lowest BCUT2D eigenvalue weighted by molar-refractivity contribution is -0.274. The number of nitrogens with one attached hydrogen (secondary N) is 2. The van der Waals surface area contributed by atoms with Gasteiger partial charge in [-0.3, -0.25) is 4.79 Å². The molecule has 0 saturated carbocycles. The zero-order valence-corrected chi connectivity index (χ0v) is 11.2. The van der Waals surface area contributed by atoms with E-state index in [1.807, 2.05) is 0 Å². The van der Waals surface area contributed by atoms with Crippen LogP contribution in [0.15, 0.2) is 24.3 Å². The molecule has 2 rings (SSSR count). The van der Waals surface area contributed by atoms with E-state index < -0.39 is 6.36 Å². The number of ether oxygens (including phenoxy) is 1. The van der Waals surface area contributed by atoms with Crippen molar-refractivity contribution in [3.05, 3.63) is 24.3 Å². The highest BCUT2D eigenvalue weighted by molar-refractivity contribution is 5.95. The molecule has 1 fully saturated rings. The molecule has 4 nitrogen and oxygen atoms in total. The number of hydrogen-bond acceptors (Lipinski definition) is 3. The van der Waals surface area contributed by atoms with Gasteiger partial charge in [0.25, 0.3) is 0 Å². The van der Waals surface area contributed by atoms with Crippen molar-refractivity contribution in [3.8, 4) is 5.75 Å². The molecular formula is C12H14ClF3N2O2. The summed E-state index contributed by atoms with van der Waals surface area (Å²) in [5.41, 5.74) is 0.438. The first-order chi connectivity index (χ1) is 8.94. The van der Waals surface area contributed by atoms with Crippen LogP contribution in [0.1, 0.15) is 12.8 Å². The Morgan fingerprint density at radius 3 is 2.45 bits per heavy atom. The number of halogens is 4. The van der Waals surface area contributed by atoms with Crippen molar-refractivity contribution in [2.45, 2.75) is 25.2 Å². The molecule has 0 radical (unpaired) electrons. The number of alkyl halides is 3. The second-order valence-electron chi connectivity index (χ2n) is 4.21. The van der Waals surface area contributed by atoms with Crippen molar-refractivity contribution < 1.29 is 22.7 Å². The van der Waals surface area contributed by atoms with Gasteiger partial charge in [0.2, 0.25) is 5.91 Å². The molecule has 1 unspecified atom stereocenters. The first kappa shape index (κ1) is 16.6. The summed E-state index contributed by atoms with van der Waals surface area (Å²) >= 11 is 0. The topological polar surface area (TPSA) is 50.4 Å². The maximum Gasteiger partial charge on any atom is 0.573 e. The number of amides is 1. The Labute approximate surface area is 120 Å². The van der Waals surface area contributed by atoms with Gasteiger partial charge >= 0.3 is 6.36 Å². The standard InChI is InChI=1S/C12H13F3N2O2.ClH/c13-12(14,15)19-9-5-3-8(4-6-9)17-11(18)10-2-1-7-16-10;/h3-6,10,16H,1-2,7H2,(H,17,18);1H. The largest absolute Gasteiger partial charge is 0.573 e. The van der Waals surface area contributed by atoms with E-state index in [0.29, 0.717) is 5.69 Å². The third-order valence-corrected chi connectivity index (χ3v) is 2.73. The van der Waals surface area contributed by atoms with E-state index in [2.05, 4.69) is 15.4 Å². The second-order valence-corrected chi connectivity index (χ2v) is 4.21. The average Bonchev–Trinajstić information content (AvgIpc) is 2.83. The van der Waals surface area contributed by atoms with E-state index >= 15 is 0 Å². The third kappa shape index (κ3) is 4.90. The monoisotopic (exact) mass is 310 g/mol. The van der Waals surface area contributed by atoms with Crippen molar-refractivity contribution >= 4 is 24.0 Å². The Bertz CT molecular complexity index is 445. The number of anilines is 1. The first-order valence-corrected chi connectivity index (χ1v) is 5.84. The zero-order chi connectivity index (χ0) is 13.9. The molecule has 2 N–H and O–H groups in total. The van der Waals surface area contributed by atoms with Crippen LogP contribution in [-0.4, -0.2) is 24.9 Å². The minimum atomic E-state index is -4.71. The molecule has 1 atom stereocenters. The summed E-state index contributed by atoms with van der Waals surface area (Å²) in [6, 6.07) is 4.82. The molecule has 1 amide bonds. The fourth-order valence-corrected chi connectivity index (χ4v) is 1.88. The fraction of sp³-hybridized carbons (Fsp3) is 0.417. The number of benzene rings is 1. The molecule has 0 aromatic heterocycles. The van der Waals surface area contributed by atoms with Gasteiger partial charge < -0.3 is 15.4 Å². The highest BCUT2D eigenvalue weighted by Gasteiger charge is 2.31. The molecule has 0 spiro atoms. The van der Waals surface area contributed by atoms with Crippen LogP contribution in [0.3, 0.4) is 0 Å². The van der Waals surface area contributed by atoms with Gasteiger partial charge in [0.15, 0.2) is 0 Å². The molecule has 1 aliphatic rings. The summed E-state index contributed by atoms with van der Waals surface area (Å²) in [4.78, 5) is 11.7. The molecule has 20 heavy (non-hydrogen) atoms. The number of carbonyl (C=O) groups is 1. The van der Waals surface area contributed by atoms with Crippen LogP contribution >= 0.6 is 12.4 Å². The van der Waals surface area contributed by atoms with E-state index in [1.165, 1.54) is 12.1 Å². The number of hydrogen-bond donors (Lipinski definition) is 2. The second kappa shape index (κ2) is 6.81. The van der Waals surface area contributed by atoms with Crippen molar-refractivity contribution in [1.29, 1.82) is 0 Å². The lowest BCUT2D eigenvalue weighted by atomic mass is 10.2. The molecule has 1 aromatic rings. The van der Waals surface area contributed by atoms with E-state index in [0.717, 1.165) is 31.5 Å². The van der Waals surface area contributed by atoms with Crippen LogP contribution < -0.4 is 15.4 Å². The van der Waals surface area contributed by atoms with Crippen molar-refractivity contribution in [2.24, 2.45) is 0 Å². The Morgan fingerprint density at radius 2 is 1.95 bits per heavy atom. The quantitative estimate of drug-likeness (QED) is 0.902. The van der Waals surface area contributed by atoms with Crippen LogP contribution in [0.2, 0.25) is 0 Å². The van der Waals surface area contributed by atoms with Crippen LogP contribution in [0.25, 0.3) is 0 Å². The normalized spacial score (nSPS) is 18.2. The van der Waals surface area contributed by atoms with Gasteiger partial charge in [0.05, 0.1) is 6.04 Å². The number of carbonyl (C=O) groups excluding carboxylic acids is 1. The third-order valence-electron chi connectivity index (χ3n) is 2.73. The highest BCUT2D eigenvalue weighted by Crippen LogP contribution is 2.24. The van der Waals surface area contributed by atoms with Gasteiger partial charge in [-0.05, 0) is 43.7 Å². The average molecular weight is 311 g/mol. The molecule has 0 aliphatic carbocycles. The molecule has 1 saturated heterocycles. The van der Waals surface area contributed by atoms with Crippen molar-refractivity contribution in [1.82, 2.24) is 5.32 Å². The van der Waals surface area contributed by atoms with Crippen LogP contribution in [0.5, 0.6) is 5.75 Å². The predicted octanol–water partition coefficient (Wildman–Crippen LogP) is 2.70. The fourth-order valence-electron chi connectivity index (χ4n) is 1.88. The summed E-state index contributed by atoms with van der Waals surface area (Å²) in [6.07, 6.45) is -3.00. The Kier molecular flexibility index (Phi) is 5.64. The smallest absolute Gasteiger partial charge is 0.406 e.